The molecule has 0 aromatic carbocycles. The van der Waals surface area contributed by atoms with E-state index in [0.717, 1.165) is 44.9 Å². The van der Waals surface area contributed by atoms with Gasteiger partial charge in [0.1, 0.15) is 6.61 Å². The first-order valence-electron chi connectivity index (χ1n) is 23.1. The Morgan fingerprint density at radius 1 is 0.526 bits per heavy atom. The number of phosphoric acid groups is 1. The highest BCUT2D eigenvalue weighted by molar-refractivity contribution is 7.47. The third-order valence-corrected chi connectivity index (χ3v) is 10.7. The molecule has 0 saturated carbocycles. The minimum absolute atomic E-state index is 0.0461. The van der Waals surface area contributed by atoms with Crippen molar-refractivity contribution in [2.45, 2.75) is 213 Å². The van der Waals surface area contributed by atoms with Gasteiger partial charge in [0.05, 0.1) is 13.2 Å². The van der Waals surface area contributed by atoms with E-state index < -0.39 is 32.5 Å². The number of nitrogens with two attached hydrogens (primary N) is 1. The van der Waals surface area contributed by atoms with E-state index in [4.69, 9.17) is 24.3 Å². The summed E-state index contributed by atoms with van der Waals surface area (Å²) in [5, 5.41) is 0. The van der Waals surface area contributed by atoms with Crippen LogP contribution in [0.15, 0.2) is 48.6 Å². The van der Waals surface area contributed by atoms with E-state index in [0.29, 0.717) is 12.8 Å². The molecule has 0 aliphatic carbocycles. The van der Waals surface area contributed by atoms with E-state index in [1.165, 1.54) is 122 Å². The molecule has 2 unspecified atom stereocenters. The first kappa shape index (κ1) is 55.0. The van der Waals surface area contributed by atoms with E-state index in [1.54, 1.807) is 0 Å². The zero-order valence-corrected chi connectivity index (χ0v) is 37.5. The van der Waals surface area contributed by atoms with Crippen LogP contribution < -0.4 is 5.73 Å². The lowest BCUT2D eigenvalue weighted by molar-refractivity contribution is -0.161. The van der Waals surface area contributed by atoms with Crippen LogP contribution >= 0.6 is 7.82 Å². The van der Waals surface area contributed by atoms with Crippen LogP contribution in [-0.4, -0.2) is 49.3 Å². The number of allylic oxidation sites excluding steroid dienone is 8. The molecule has 0 heterocycles. The van der Waals surface area contributed by atoms with Crippen molar-refractivity contribution in [3.05, 3.63) is 48.6 Å². The van der Waals surface area contributed by atoms with Gasteiger partial charge >= 0.3 is 19.8 Å². The largest absolute Gasteiger partial charge is 0.472 e. The average molecular weight is 824 g/mol. The van der Waals surface area contributed by atoms with Gasteiger partial charge in [-0.15, -0.1) is 0 Å². The van der Waals surface area contributed by atoms with Crippen molar-refractivity contribution in [2.75, 3.05) is 26.4 Å². The van der Waals surface area contributed by atoms with Crippen LogP contribution in [0, 0.1) is 0 Å². The van der Waals surface area contributed by atoms with Crippen molar-refractivity contribution in [3.63, 3.8) is 0 Å². The maximum atomic E-state index is 12.6. The highest BCUT2D eigenvalue weighted by atomic mass is 31.2. The zero-order valence-electron chi connectivity index (χ0n) is 36.6. The summed E-state index contributed by atoms with van der Waals surface area (Å²) in [6.45, 7) is 3.66. The molecule has 0 saturated heterocycles. The second kappa shape index (κ2) is 43.5. The number of hydrogen-bond acceptors (Lipinski definition) is 8. The van der Waals surface area contributed by atoms with Crippen molar-refractivity contribution in [3.8, 4) is 0 Å². The Morgan fingerprint density at radius 2 is 0.930 bits per heavy atom. The summed E-state index contributed by atoms with van der Waals surface area (Å²) >= 11 is 0. The molecule has 10 heteroatoms. The third kappa shape index (κ3) is 43.4. The van der Waals surface area contributed by atoms with E-state index in [1.807, 2.05) is 0 Å². The molecule has 332 valence electrons. The van der Waals surface area contributed by atoms with E-state index in [2.05, 4.69) is 62.5 Å². The molecule has 0 aliphatic rings. The molecule has 0 aliphatic heterocycles. The Labute approximate surface area is 349 Å². The molecule has 0 spiro atoms. The number of unbranched alkanes of at least 4 members (excludes halogenated alkanes) is 22. The summed E-state index contributed by atoms with van der Waals surface area (Å²) in [6.07, 6.45) is 50.1. The van der Waals surface area contributed by atoms with Crippen LogP contribution in [0.1, 0.15) is 206 Å². The van der Waals surface area contributed by atoms with Gasteiger partial charge < -0.3 is 20.1 Å². The molecule has 0 amide bonds. The van der Waals surface area contributed by atoms with Crippen LogP contribution in [0.25, 0.3) is 0 Å². The number of carbonyl (C=O) groups excluding carboxylic acids is 2. The fourth-order valence-corrected chi connectivity index (χ4v) is 7.04. The van der Waals surface area contributed by atoms with Gasteiger partial charge in [-0.05, 0) is 51.4 Å². The number of hydrogen-bond donors (Lipinski definition) is 2. The summed E-state index contributed by atoms with van der Waals surface area (Å²) < 4.78 is 32.8. The molecule has 2 atom stereocenters. The Hall–Kier alpha value is -2.03. The van der Waals surface area contributed by atoms with Gasteiger partial charge in [0, 0.05) is 19.4 Å². The predicted octanol–water partition coefficient (Wildman–Crippen LogP) is 13.5. The van der Waals surface area contributed by atoms with Gasteiger partial charge in [-0.1, -0.05) is 191 Å². The quantitative estimate of drug-likeness (QED) is 0.0267. The summed E-state index contributed by atoms with van der Waals surface area (Å²) in [5.41, 5.74) is 5.35. The maximum absolute atomic E-state index is 12.6. The normalized spacial score (nSPS) is 13.7. The highest BCUT2D eigenvalue weighted by Crippen LogP contribution is 2.43. The maximum Gasteiger partial charge on any atom is 0.472 e. The first-order valence-corrected chi connectivity index (χ1v) is 24.6. The molecule has 57 heavy (non-hydrogen) atoms. The minimum atomic E-state index is -4.39. The molecule has 3 N–H and O–H groups in total. The van der Waals surface area contributed by atoms with Gasteiger partial charge in [0.15, 0.2) is 6.10 Å². The standard InChI is InChI=1S/C47H86NO8P/c1-3-5-7-9-11-13-15-17-19-21-22-24-26-28-30-32-34-36-38-40-47(50)56-45(44-55-57(51,52)54-42-41-48)43-53-46(49)39-37-35-33-31-29-27-25-23-20-18-16-14-12-10-8-6-4-2/h12,14,18,20,25,27,31,33,45H,3-11,13,15-17,19,21-24,26,28-30,32,34-44,48H2,1-2H3,(H,51,52). The van der Waals surface area contributed by atoms with Crippen LogP contribution in [-0.2, 0) is 32.7 Å². The third-order valence-electron chi connectivity index (χ3n) is 9.72. The van der Waals surface area contributed by atoms with E-state index >= 15 is 0 Å². The number of esters is 2. The Morgan fingerprint density at radius 3 is 1.40 bits per heavy atom. The lowest BCUT2D eigenvalue weighted by Gasteiger charge is -2.19. The molecule has 0 aromatic rings. The number of phosphoric ester groups is 1. The van der Waals surface area contributed by atoms with Crippen molar-refractivity contribution in [2.24, 2.45) is 5.73 Å². The zero-order chi connectivity index (χ0) is 41.8. The summed E-state index contributed by atoms with van der Waals surface area (Å²) in [6, 6.07) is 0. The van der Waals surface area contributed by atoms with Gasteiger partial charge in [-0.25, -0.2) is 4.57 Å². The predicted molar refractivity (Wildman–Crippen MR) is 238 cm³/mol. The Kier molecular flexibility index (Phi) is 42.0. The van der Waals surface area contributed by atoms with Crippen molar-refractivity contribution in [1.29, 1.82) is 0 Å². The van der Waals surface area contributed by atoms with Gasteiger partial charge in [-0.3, -0.25) is 18.6 Å². The van der Waals surface area contributed by atoms with Gasteiger partial charge in [0.25, 0.3) is 0 Å². The number of carbonyl (C=O) groups is 2. The second-order valence-electron chi connectivity index (χ2n) is 15.3. The molecule has 0 bridgehead atoms. The molecular weight excluding hydrogens is 737 g/mol. The Balaban J connectivity index is 4.18. The topological polar surface area (TPSA) is 134 Å². The molecule has 0 radical (unpaired) electrons. The van der Waals surface area contributed by atoms with E-state index in [-0.39, 0.29) is 32.6 Å². The highest BCUT2D eigenvalue weighted by Gasteiger charge is 2.26. The number of rotatable bonds is 43. The van der Waals surface area contributed by atoms with Crippen molar-refractivity contribution < 1.29 is 37.6 Å². The fourth-order valence-electron chi connectivity index (χ4n) is 6.27. The lowest BCUT2D eigenvalue weighted by atomic mass is 10.0. The minimum Gasteiger partial charge on any atom is -0.462 e. The van der Waals surface area contributed by atoms with Crippen LogP contribution in [0.3, 0.4) is 0 Å². The van der Waals surface area contributed by atoms with Gasteiger partial charge in [-0.2, -0.15) is 0 Å². The van der Waals surface area contributed by atoms with Crippen LogP contribution in [0.2, 0.25) is 0 Å². The van der Waals surface area contributed by atoms with Crippen LogP contribution in [0.4, 0.5) is 0 Å². The second-order valence-corrected chi connectivity index (χ2v) is 16.7. The summed E-state index contributed by atoms with van der Waals surface area (Å²) in [4.78, 5) is 34.9. The average Bonchev–Trinajstić information content (AvgIpc) is 3.20. The number of ether oxygens (including phenoxy) is 2. The Bertz CT molecular complexity index is 1080. The first-order chi connectivity index (χ1) is 27.8. The molecule has 0 rings (SSSR count). The van der Waals surface area contributed by atoms with Crippen molar-refractivity contribution >= 4 is 19.8 Å². The van der Waals surface area contributed by atoms with Crippen LogP contribution in [0.5, 0.6) is 0 Å². The SMILES string of the molecule is CCCCCC=CCC=CCC=CCC=CCCCC(=O)OCC(COP(=O)(O)OCCN)OC(=O)CCCCCCCCCCCCCCCCCCCCC. The van der Waals surface area contributed by atoms with E-state index in [9.17, 15) is 19.0 Å². The monoisotopic (exact) mass is 824 g/mol. The summed E-state index contributed by atoms with van der Waals surface area (Å²) in [5.74, 6) is -0.889. The lowest BCUT2D eigenvalue weighted by Crippen LogP contribution is -2.29. The van der Waals surface area contributed by atoms with Gasteiger partial charge in [0.2, 0.25) is 0 Å². The fraction of sp³-hybridized carbons (Fsp3) is 0.787. The smallest absolute Gasteiger partial charge is 0.462 e. The molecule has 9 nitrogen and oxygen atoms in total. The molecular formula is C47H86NO8P. The molecule has 0 fully saturated rings. The molecule has 0 aromatic heterocycles. The van der Waals surface area contributed by atoms with Crippen molar-refractivity contribution in [1.82, 2.24) is 0 Å². The summed E-state index contributed by atoms with van der Waals surface area (Å²) in [7, 11) is -4.39.